The van der Waals surface area contributed by atoms with E-state index in [1.807, 2.05) is 30.3 Å². The summed E-state index contributed by atoms with van der Waals surface area (Å²) in [6, 6.07) is 9.67. The molecule has 0 unspecified atom stereocenters. The molecule has 0 saturated carbocycles. The minimum absolute atomic E-state index is 0.120. The van der Waals surface area contributed by atoms with Crippen LogP contribution in [0.2, 0.25) is 0 Å². The van der Waals surface area contributed by atoms with Crippen LogP contribution in [-0.4, -0.2) is 32.2 Å². The van der Waals surface area contributed by atoms with Gasteiger partial charge in [-0.05, 0) is 11.6 Å². The molecule has 0 aliphatic heterocycles. The third-order valence-electron chi connectivity index (χ3n) is 2.03. The fraction of sp³-hybridized carbons (Fsp3) is 0.308. The van der Waals surface area contributed by atoms with E-state index in [2.05, 4.69) is 5.32 Å². The molecule has 0 aliphatic carbocycles. The maximum Gasteiger partial charge on any atom is 0.244 e. The van der Waals surface area contributed by atoms with E-state index >= 15 is 0 Å². The Morgan fingerprint density at radius 3 is 2.76 bits per heavy atom. The average molecular weight is 234 g/mol. The van der Waals surface area contributed by atoms with Crippen molar-refractivity contribution in [2.45, 2.75) is 0 Å². The second-order valence-corrected chi connectivity index (χ2v) is 3.44. The second-order valence-electron chi connectivity index (χ2n) is 3.44. The number of rotatable bonds is 7. The van der Waals surface area contributed by atoms with Crippen LogP contribution in [-0.2, 0) is 9.53 Å². The van der Waals surface area contributed by atoms with Gasteiger partial charge in [0, 0.05) is 19.2 Å². The van der Waals surface area contributed by atoms with Crippen LogP contribution in [0, 0.1) is 0 Å². The zero-order chi connectivity index (χ0) is 12.3. The number of benzene rings is 1. The van der Waals surface area contributed by atoms with Crippen molar-refractivity contribution in [3.8, 4) is 0 Å². The largest absolute Gasteiger partial charge is 0.378 e. The molecular formula is C13H18N2O2. The number of amides is 1. The molecule has 0 aliphatic rings. The van der Waals surface area contributed by atoms with E-state index in [4.69, 9.17) is 10.5 Å². The molecule has 0 atom stereocenters. The van der Waals surface area contributed by atoms with Crippen LogP contribution in [0.3, 0.4) is 0 Å². The summed E-state index contributed by atoms with van der Waals surface area (Å²) in [6.07, 6.45) is 3.29. The quantitative estimate of drug-likeness (QED) is 0.541. The molecule has 17 heavy (non-hydrogen) atoms. The smallest absolute Gasteiger partial charge is 0.244 e. The SMILES string of the molecule is NCCOCCNC(=O)/C=C/c1ccccc1. The van der Waals surface area contributed by atoms with Gasteiger partial charge in [0.25, 0.3) is 0 Å². The maximum absolute atomic E-state index is 11.4. The minimum atomic E-state index is -0.120. The number of nitrogens with one attached hydrogen (secondary N) is 1. The van der Waals surface area contributed by atoms with E-state index in [1.54, 1.807) is 6.08 Å². The topological polar surface area (TPSA) is 64.3 Å². The average Bonchev–Trinajstić information content (AvgIpc) is 2.37. The van der Waals surface area contributed by atoms with E-state index in [1.165, 1.54) is 6.08 Å². The van der Waals surface area contributed by atoms with E-state index < -0.39 is 0 Å². The summed E-state index contributed by atoms with van der Waals surface area (Å²) in [5.74, 6) is -0.120. The Morgan fingerprint density at radius 1 is 1.29 bits per heavy atom. The molecule has 0 aromatic heterocycles. The minimum Gasteiger partial charge on any atom is -0.378 e. The van der Waals surface area contributed by atoms with Crippen LogP contribution in [0.25, 0.3) is 6.08 Å². The van der Waals surface area contributed by atoms with Crippen LogP contribution < -0.4 is 11.1 Å². The lowest BCUT2D eigenvalue weighted by Gasteiger charge is -2.02. The Balaban J connectivity index is 2.19. The lowest BCUT2D eigenvalue weighted by atomic mass is 10.2. The van der Waals surface area contributed by atoms with Gasteiger partial charge in [-0.15, -0.1) is 0 Å². The van der Waals surface area contributed by atoms with Crippen molar-refractivity contribution in [2.75, 3.05) is 26.3 Å². The van der Waals surface area contributed by atoms with Crippen molar-refractivity contribution in [3.63, 3.8) is 0 Å². The van der Waals surface area contributed by atoms with Crippen LogP contribution >= 0.6 is 0 Å². The van der Waals surface area contributed by atoms with Gasteiger partial charge in [0.1, 0.15) is 0 Å². The highest BCUT2D eigenvalue weighted by molar-refractivity contribution is 5.91. The first-order chi connectivity index (χ1) is 8.33. The van der Waals surface area contributed by atoms with Gasteiger partial charge in [0.15, 0.2) is 0 Å². The molecule has 0 fully saturated rings. The predicted octanol–water partition coefficient (Wildman–Crippen LogP) is 0.791. The zero-order valence-corrected chi connectivity index (χ0v) is 9.76. The van der Waals surface area contributed by atoms with E-state index in [0.717, 1.165) is 5.56 Å². The van der Waals surface area contributed by atoms with Gasteiger partial charge in [0.2, 0.25) is 5.91 Å². The third kappa shape index (κ3) is 6.50. The Hall–Kier alpha value is -1.65. The Morgan fingerprint density at radius 2 is 2.06 bits per heavy atom. The summed E-state index contributed by atoms with van der Waals surface area (Å²) in [5.41, 5.74) is 6.26. The number of carbonyl (C=O) groups excluding carboxylic acids is 1. The first kappa shape index (κ1) is 13.4. The van der Waals surface area contributed by atoms with Crippen molar-refractivity contribution in [1.29, 1.82) is 0 Å². The molecule has 1 aromatic rings. The van der Waals surface area contributed by atoms with Crippen molar-refractivity contribution in [3.05, 3.63) is 42.0 Å². The molecule has 0 heterocycles. The number of hydrogen-bond donors (Lipinski definition) is 2. The molecule has 0 saturated heterocycles. The summed E-state index contributed by atoms with van der Waals surface area (Å²) in [4.78, 5) is 11.4. The fourth-order valence-electron chi connectivity index (χ4n) is 1.23. The van der Waals surface area contributed by atoms with Gasteiger partial charge in [-0.1, -0.05) is 30.3 Å². The van der Waals surface area contributed by atoms with Gasteiger partial charge < -0.3 is 15.8 Å². The maximum atomic E-state index is 11.4. The number of hydrogen-bond acceptors (Lipinski definition) is 3. The van der Waals surface area contributed by atoms with E-state index in [9.17, 15) is 4.79 Å². The normalized spacial score (nSPS) is 10.6. The highest BCUT2D eigenvalue weighted by atomic mass is 16.5. The van der Waals surface area contributed by atoms with E-state index in [0.29, 0.717) is 26.3 Å². The fourth-order valence-corrected chi connectivity index (χ4v) is 1.23. The van der Waals surface area contributed by atoms with E-state index in [-0.39, 0.29) is 5.91 Å². The van der Waals surface area contributed by atoms with Gasteiger partial charge in [0.05, 0.1) is 13.2 Å². The van der Waals surface area contributed by atoms with Gasteiger partial charge in [-0.3, -0.25) is 4.79 Å². The molecule has 0 bridgehead atoms. The lowest BCUT2D eigenvalue weighted by Crippen LogP contribution is -2.26. The molecule has 0 spiro atoms. The zero-order valence-electron chi connectivity index (χ0n) is 9.76. The van der Waals surface area contributed by atoms with Crippen molar-refractivity contribution < 1.29 is 9.53 Å². The monoisotopic (exact) mass is 234 g/mol. The van der Waals surface area contributed by atoms with Gasteiger partial charge in [-0.25, -0.2) is 0 Å². The summed E-state index contributed by atoms with van der Waals surface area (Å²) >= 11 is 0. The van der Waals surface area contributed by atoms with Crippen molar-refractivity contribution in [1.82, 2.24) is 5.32 Å². The molecular weight excluding hydrogens is 216 g/mol. The van der Waals surface area contributed by atoms with Gasteiger partial charge >= 0.3 is 0 Å². The lowest BCUT2D eigenvalue weighted by molar-refractivity contribution is -0.116. The van der Waals surface area contributed by atoms with Crippen LogP contribution in [0.4, 0.5) is 0 Å². The summed E-state index contributed by atoms with van der Waals surface area (Å²) in [7, 11) is 0. The molecule has 4 nitrogen and oxygen atoms in total. The van der Waals surface area contributed by atoms with Crippen LogP contribution in [0.1, 0.15) is 5.56 Å². The number of ether oxygens (including phenoxy) is 1. The number of carbonyl (C=O) groups is 1. The summed E-state index contributed by atoms with van der Waals surface area (Å²) in [6.45, 7) is 2.01. The van der Waals surface area contributed by atoms with Crippen LogP contribution in [0.5, 0.6) is 0 Å². The van der Waals surface area contributed by atoms with Crippen molar-refractivity contribution in [2.24, 2.45) is 5.73 Å². The summed E-state index contributed by atoms with van der Waals surface area (Å²) < 4.78 is 5.13. The first-order valence-corrected chi connectivity index (χ1v) is 5.61. The number of nitrogens with two attached hydrogens (primary N) is 1. The Kier molecular flexibility index (Phi) is 6.70. The van der Waals surface area contributed by atoms with Crippen molar-refractivity contribution >= 4 is 12.0 Å². The van der Waals surface area contributed by atoms with Crippen LogP contribution in [0.15, 0.2) is 36.4 Å². The second kappa shape index (κ2) is 8.50. The first-order valence-electron chi connectivity index (χ1n) is 5.61. The third-order valence-corrected chi connectivity index (χ3v) is 2.03. The molecule has 92 valence electrons. The highest BCUT2D eigenvalue weighted by Gasteiger charge is 1.94. The molecule has 1 aromatic carbocycles. The summed E-state index contributed by atoms with van der Waals surface area (Å²) in [5, 5.41) is 2.72. The standard InChI is InChI=1S/C13H18N2O2/c14-8-10-17-11-9-15-13(16)7-6-12-4-2-1-3-5-12/h1-7H,8-11,14H2,(H,15,16)/b7-6+. The molecule has 1 rings (SSSR count). The highest BCUT2D eigenvalue weighted by Crippen LogP contribution is 2.00. The molecule has 1 amide bonds. The molecule has 4 heteroatoms. The molecule has 3 N–H and O–H groups in total. The molecule has 0 radical (unpaired) electrons. The Bertz CT molecular complexity index is 350. The predicted molar refractivity (Wildman–Crippen MR) is 68.4 cm³/mol. The Labute approximate surface area is 101 Å². The van der Waals surface area contributed by atoms with Gasteiger partial charge in [-0.2, -0.15) is 0 Å².